The number of amides is 2. The van der Waals surface area contributed by atoms with Gasteiger partial charge in [0.15, 0.2) is 9.84 Å². The van der Waals surface area contributed by atoms with Crippen molar-refractivity contribution in [1.82, 2.24) is 10.6 Å². The lowest BCUT2D eigenvalue weighted by atomic mass is 10.2. The Morgan fingerprint density at radius 2 is 2.20 bits per heavy atom. The van der Waals surface area contributed by atoms with E-state index in [4.69, 9.17) is 0 Å². The van der Waals surface area contributed by atoms with Gasteiger partial charge in [-0.15, -0.1) is 0 Å². The van der Waals surface area contributed by atoms with E-state index in [2.05, 4.69) is 10.6 Å². The van der Waals surface area contributed by atoms with E-state index in [1.165, 1.54) is 0 Å². The number of carbonyl (C=O) groups excluding carboxylic acids is 2. The third kappa shape index (κ3) is 4.28. The van der Waals surface area contributed by atoms with Crippen LogP contribution in [0.15, 0.2) is 0 Å². The summed E-state index contributed by atoms with van der Waals surface area (Å²) in [5.41, 5.74) is 0. The maximum atomic E-state index is 11.2. The summed E-state index contributed by atoms with van der Waals surface area (Å²) in [5, 5.41) is 4.82. The van der Waals surface area contributed by atoms with Gasteiger partial charge in [0.2, 0.25) is 0 Å². The summed E-state index contributed by atoms with van der Waals surface area (Å²) in [6, 6.07) is -0.834. The van der Waals surface area contributed by atoms with E-state index < -0.39 is 15.9 Å². The van der Waals surface area contributed by atoms with Crippen LogP contribution >= 0.6 is 0 Å². The Kier molecular flexibility index (Phi) is 4.07. The molecule has 0 aromatic rings. The van der Waals surface area contributed by atoms with Crippen LogP contribution in [0.1, 0.15) is 12.8 Å². The number of hydrogen-bond acceptors (Lipinski definition) is 4. The number of hydrogen-bond donors (Lipinski definition) is 2. The van der Waals surface area contributed by atoms with Crippen molar-refractivity contribution in [2.75, 3.05) is 18.1 Å². The van der Waals surface area contributed by atoms with Crippen molar-refractivity contribution < 1.29 is 18.0 Å². The summed E-state index contributed by atoms with van der Waals surface area (Å²) < 4.78 is 22.5. The van der Waals surface area contributed by atoms with E-state index in [1.807, 2.05) is 0 Å². The molecule has 1 saturated heterocycles. The van der Waals surface area contributed by atoms with Crippen LogP contribution in [0.5, 0.6) is 0 Å². The topological polar surface area (TPSA) is 92.3 Å². The van der Waals surface area contributed by atoms with Crippen molar-refractivity contribution in [3.63, 3.8) is 0 Å². The predicted octanol–water partition coefficient (Wildman–Crippen LogP) is -0.938. The standard InChI is InChI=1S/C8H14N2O4S/c11-4-3-9-8(12)10-7-2-1-5-15(13,14)6-7/h4,7H,1-3,5-6H2,(H2,9,10,12). The largest absolute Gasteiger partial charge is 0.334 e. The van der Waals surface area contributed by atoms with E-state index in [0.717, 1.165) is 0 Å². The molecule has 6 nitrogen and oxygen atoms in total. The van der Waals surface area contributed by atoms with Gasteiger partial charge in [-0.05, 0) is 12.8 Å². The van der Waals surface area contributed by atoms with Gasteiger partial charge in [0.1, 0.15) is 6.29 Å². The molecule has 0 spiro atoms. The Morgan fingerprint density at radius 1 is 1.47 bits per heavy atom. The molecule has 1 fully saturated rings. The van der Waals surface area contributed by atoms with Crippen molar-refractivity contribution in [3.8, 4) is 0 Å². The molecule has 2 amide bonds. The Hall–Kier alpha value is -1.11. The molecule has 0 saturated carbocycles. The third-order valence-corrected chi connectivity index (χ3v) is 3.97. The molecule has 0 aromatic heterocycles. The van der Waals surface area contributed by atoms with Crippen LogP contribution in [-0.2, 0) is 14.6 Å². The van der Waals surface area contributed by atoms with E-state index in [0.29, 0.717) is 19.1 Å². The number of urea groups is 1. The van der Waals surface area contributed by atoms with Gasteiger partial charge >= 0.3 is 6.03 Å². The molecule has 15 heavy (non-hydrogen) atoms. The second kappa shape index (κ2) is 5.11. The molecule has 1 heterocycles. The molecule has 1 unspecified atom stereocenters. The highest BCUT2D eigenvalue weighted by Crippen LogP contribution is 2.11. The molecule has 7 heteroatoms. The number of sulfone groups is 1. The SMILES string of the molecule is O=CCNC(=O)NC1CCCS(=O)(=O)C1. The number of aldehydes is 1. The highest BCUT2D eigenvalue weighted by Gasteiger charge is 2.25. The van der Waals surface area contributed by atoms with Crippen LogP contribution in [0.25, 0.3) is 0 Å². The summed E-state index contributed by atoms with van der Waals surface area (Å²) in [7, 11) is -3.01. The Morgan fingerprint density at radius 3 is 2.80 bits per heavy atom. The molecular formula is C8H14N2O4S. The van der Waals surface area contributed by atoms with Crippen LogP contribution in [0.2, 0.25) is 0 Å². The monoisotopic (exact) mass is 234 g/mol. The van der Waals surface area contributed by atoms with E-state index in [-0.39, 0.29) is 24.1 Å². The van der Waals surface area contributed by atoms with Gasteiger partial charge in [-0.1, -0.05) is 0 Å². The maximum absolute atomic E-state index is 11.2. The quantitative estimate of drug-likeness (QED) is 0.616. The van der Waals surface area contributed by atoms with Gasteiger partial charge in [-0.3, -0.25) is 0 Å². The Bertz CT molecular complexity index is 339. The maximum Gasteiger partial charge on any atom is 0.315 e. The Labute approximate surface area is 88.3 Å². The van der Waals surface area contributed by atoms with Gasteiger partial charge in [0.05, 0.1) is 18.1 Å². The van der Waals surface area contributed by atoms with Crippen LogP contribution < -0.4 is 10.6 Å². The van der Waals surface area contributed by atoms with Crippen LogP contribution in [0.4, 0.5) is 4.79 Å². The average Bonchev–Trinajstić information content (AvgIpc) is 2.13. The van der Waals surface area contributed by atoms with Gasteiger partial charge in [-0.25, -0.2) is 13.2 Å². The van der Waals surface area contributed by atoms with Gasteiger partial charge < -0.3 is 15.4 Å². The number of nitrogens with one attached hydrogen (secondary N) is 2. The molecule has 1 aliphatic heterocycles. The fourth-order valence-electron chi connectivity index (χ4n) is 1.51. The zero-order chi connectivity index (χ0) is 11.3. The van der Waals surface area contributed by atoms with Crippen molar-refractivity contribution in [2.45, 2.75) is 18.9 Å². The van der Waals surface area contributed by atoms with Crippen molar-refractivity contribution in [2.24, 2.45) is 0 Å². The highest BCUT2D eigenvalue weighted by atomic mass is 32.2. The first-order valence-corrected chi connectivity index (χ1v) is 6.54. The number of rotatable bonds is 3. The van der Waals surface area contributed by atoms with Crippen molar-refractivity contribution in [1.29, 1.82) is 0 Å². The first kappa shape index (κ1) is 12.0. The summed E-state index contributed by atoms with van der Waals surface area (Å²) in [5.74, 6) is 0.183. The lowest BCUT2D eigenvalue weighted by molar-refractivity contribution is -0.107. The van der Waals surface area contributed by atoms with Crippen molar-refractivity contribution in [3.05, 3.63) is 0 Å². The molecule has 0 aliphatic carbocycles. The number of carbonyl (C=O) groups is 2. The van der Waals surface area contributed by atoms with Crippen LogP contribution in [-0.4, -0.2) is 44.8 Å². The lowest BCUT2D eigenvalue weighted by Gasteiger charge is -2.22. The van der Waals surface area contributed by atoms with Gasteiger partial charge in [-0.2, -0.15) is 0 Å². The lowest BCUT2D eigenvalue weighted by Crippen LogP contribution is -2.47. The van der Waals surface area contributed by atoms with E-state index >= 15 is 0 Å². The smallest absolute Gasteiger partial charge is 0.315 e. The Balaban J connectivity index is 2.38. The molecule has 1 rings (SSSR count). The first-order valence-electron chi connectivity index (χ1n) is 4.72. The minimum atomic E-state index is -3.01. The minimum absolute atomic E-state index is 0.0124. The fourth-order valence-corrected chi connectivity index (χ4v) is 3.14. The summed E-state index contributed by atoms with van der Waals surface area (Å²) >= 11 is 0. The molecule has 0 aromatic carbocycles. The zero-order valence-electron chi connectivity index (χ0n) is 8.23. The molecule has 86 valence electrons. The summed E-state index contributed by atoms with van der Waals surface area (Å²) in [6.07, 6.45) is 1.80. The van der Waals surface area contributed by atoms with Gasteiger partial charge in [0.25, 0.3) is 0 Å². The predicted molar refractivity (Wildman–Crippen MR) is 54.3 cm³/mol. The van der Waals surface area contributed by atoms with Gasteiger partial charge in [0, 0.05) is 6.04 Å². The second-order valence-corrected chi connectivity index (χ2v) is 5.70. The normalized spacial score (nSPS) is 24.1. The molecule has 0 radical (unpaired) electrons. The average molecular weight is 234 g/mol. The van der Waals surface area contributed by atoms with E-state index in [9.17, 15) is 18.0 Å². The molecule has 1 atom stereocenters. The second-order valence-electron chi connectivity index (χ2n) is 3.47. The molecule has 2 N–H and O–H groups in total. The highest BCUT2D eigenvalue weighted by molar-refractivity contribution is 7.91. The summed E-state index contributed by atoms with van der Waals surface area (Å²) in [4.78, 5) is 21.1. The van der Waals surface area contributed by atoms with Crippen molar-refractivity contribution >= 4 is 22.2 Å². The summed E-state index contributed by atoms with van der Waals surface area (Å²) in [6.45, 7) is -0.0642. The van der Waals surface area contributed by atoms with Crippen LogP contribution in [0.3, 0.4) is 0 Å². The zero-order valence-corrected chi connectivity index (χ0v) is 9.05. The third-order valence-electron chi connectivity index (χ3n) is 2.14. The first-order chi connectivity index (χ1) is 7.03. The molecule has 0 bridgehead atoms. The fraction of sp³-hybridized carbons (Fsp3) is 0.750. The molecular weight excluding hydrogens is 220 g/mol. The van der Waals surface area contributed by atoms with E-state index in [1.54, 1.807) is 0 Å². The minimum Gasteiger partial charge on any atom is -0.334 e. The van der Waals surface area contributed by atoms with Crippen LogP contribution in [0, 0.1) is 0 Å². The molecule has 1 aliphatic rings.